The van der Waals surface area contributed by atoms with Crippen molar-refractivity contribution >= 4 is 11.6 Å². The molecule has 0 radical (unpaired) electrons. The molecule has 0 aromatic carbocycles. The Morgan fingerprint density at radius 1 is 1.36 bits per heavy atom. The summed E-state index contributed by atoms with van der Waals surface area (Å²) in [4.78, 5) is 21.4. The lowest BCUT2D eigenvalue weighted by Gasteiger charge is -2.07. The minimum absolute atomic E-state index is 0.0486. The third kappa shape index (κ3) is 3.88. The highest BCUT2D eigenvalue weighted by atomic mass is 16.3. The third-order valence-corrected chi connectivity index (χ3v) is 1.51. The van der Waals surface area contributed by atoms with Crippen molar-refractivity contribution in [3.63, 3.8) is 0 Å². The largest absolute Gasteiger partial charge is 0.385 e. The Balaban J connectivity index is 3.85. The van der Waals surface area contributed by atoms with E-state index < -0.39 is 6.10 Å². The molecular formula is C8H14O3. The lowest BCUT2D eigenvalue weighted by Crippen LogP contribution is -2.23. The van der Waals surface area contributed by atoms with E-state index in [0.29, 0.717) is 0 Å². The zero-order valence-corrected chi connectivity index (χ0v) is 7.13. The van der Waals surface area contributed by atoms with Gasteiger partial charge in [0.05, 0.1) is 0 Å². The number of aliphatic hydroxyl groups is 1. The molecule has 0 rings (SSSR count). The smallest absolute Gasteiger partial charge is 0.158 e. The van der Waals surface area contributed by atoms with Crippen LogP contribution in [0, 0.1) is 5.92 Å². The Kier molecular flexibility index (Phi) is 3.97. The molecule has 0 saturated carbocycles. The van der Waals surface area contributed by atoms with Crippen LogP contribution in [0.1, 0.15) is 27.2 Å². The highest BCUT2D eigenvalue weighted by molar-refractivity contribution is 5.88. The summed E-state index contributed by atoms with van der Waals surface area (Å²) in [6, 6.07) is 0. The summed E-state index contributed by atoms with van der Waals surface area (Å²) in [5.74, 6) is -0.532. The van der Waals surface area contributed by atoms with Crippen LogP contribution in [0.25, 0.3) is 0 Å². The lowest BCUT2D eigenvalue weighted by atomic mass is 10.0. The van der Waals surface area contributed by atoms with Crippen molar-refractivity contribution in [3.05, 3.63) is 0 Å². The Hall–Kier alpha value is -0.700. The van der Waals surface area contributed by atoms with E-state index in [1.165, 1.54) is 6.92 Å². The van der Waals surface area contributed by atoms with Gasteiger partial charge in [0.15, 0.2) is 5.78 Å². The van der Waals surface area contributed by atoms with Crippen molar-refractivity contribution in [2.24, 2.45) is 5.92 Å². The van der Waals surface area contributed by atoms with Crippen molar-refractivity contribution < 1.29 is 14.7 Å². The number of carbonyl (C=O) groups is 2. The maximum atomic E-state index is 10.9. The van der Waals surface area contributed by atoms with Gasteiger partial charge in [-0.15, -0.1) is 0 Å². The summed E-state index contributed by atoms with van der Waals surface area (Å²) >= 11 is 0. The normalized spacial score (nSPS) is 13.2. The lowest BCUT2D eigenvalue weighted by molar-refractivity contribution is -0.132. The van der Waals surface area contributed by atoms with E-state index >= 15 is 0 Å². The van der Waals surface area contributed by atoms with Gasteiger partial charge in [-0.3, -0.25) is 9.59 Å². The van der Waals surface area contributed by atoms with E-state index in [-0.39, 0.29) is 23.9 Å². The van der Waals surface area contributed by atoms with E-state index in [1.54, 1.807) is 13.8 Å². The van der Waals surface area contributed by atoms with Crippen molar-refractivity contribution in [3.8, 4) is 0 Å². The second-order valence-electron chi connectivity index (χ2n) is 2.95. The van der Waals surface area contributed by atoms with E-state index in [2.05, 4.69) is 0 Å². The van der Waals surface area contributed by atoms with Crippen LogP contribution in [0.2, 0.25) is 0 Å². The molecule has 3 nitrogen and oxygen atoms in total. The number of rotatable bonds is 4. The quantitative estimate of drug-likeness (QED) is 0.650. The maximum Gasteiger partial charge on any atom is 0.158 e. The fourth-order valence-corrected chi connectivity index (χ4v) is 0.570. The van der Waals surface area contributed by atoms with Crippen LogP contribution in [0.3, 0.4) is 0 Å². The van der Waals surface area contributed by atoms with Crippen molar-refractivity contribution in [2.45, 2.75) is 33.3 Å². The topological polar surface area (TPSA) is 54.4 Å². The average molecular weight is 158 g/mol. The van der Waals surface area contributed by atoms with Gasteiger partial charge in [-0.05, 0) is 6.92 Å². The predicted molar refractivity (Wildman–Crippen MR) is 41.1 cm³/mol. The van der Waals surface area contributed by atoms with Gasteiger partial charge in [-0.1, -0.05) is 13.8 Å². The molecule has 0 bridgehead atoms. The predicted octanol–water partition coefficient (Wildman–Crippen LogP) is 0.551. The van der Waals surface area contributed by atoms with E-state index in [9.17, 15) is 9.59 Å². The molecule has 1 N–H and O–H groups in total. The van der Waals surface area contributed by atoms with Gasteiger partial charge >= 0.3 is 0 Å². The second kappa shape index (κ2) is 4.23. The van der Waals surface area contributed by atoms with Crippen LogP contribution in [0.5, 0.6) is 0 Å². The first-order valence-corrected chi connectivity index (χ1v) is 3.66. The first-order valence-electron chi connectivity index (χ1n) is 3.66. The van der Waals surface area contributed by atoms with Gasteiger partial charge in [0.25, 0.3) is 0 Å². The zero-order valence-electron chi connectivity index (χ0n) is 7.13. The van der Waals surface area contributed by atoms with Gasteiger partial charge in [-0.25, -0.2) is 0 Å². The first kappa shape index (κ1) is 10.3. The molecule has 0 spiro atoms. The molecule has 64 valence electrons. The molecule has 0 aliphatic carbocycles. The molecule has 0 saturated heterocycles. The summed E-state index contributed by atoms with van der Waals surface area (Å²) < 4.78 is 0. The van der Waals surface area contributed by atoms with Gasteiger partial charge < -0.3 is 5.11 Å². The molecule has 0 unspecified atom stereocenters. The summed E-state index contributed by atoms with van der Waals surface area (Å²) in [5.41, 5.74) is 0. The van der Waals surface area contributed by atoms with Gasteiger partial charge in [0.1, 0.15) is 11.9 Å². The molecule has 0 aliphatic rings. The van der Waals surface area contributed by atoms with Gasteiger partial charge in [0.2, 0.25) is 0 Å². The average Bonchev–Trinajstić information content (AvgIpc) is 1.87. The molecule has 0 fully saturated rings. The second-order valence-corrected chi connectivity index (χ2v) is 2.95. The number of ketones is 2. The van der Waals surface area contributed by atoms with Crippen LogP contribution >= 0.6 is 0 Å². The number of aliphatic hydroxyl groups excluding tert-OH is 1. The van der Waals surface area contributed by atoms with Crippen LogP contribution in [0.15, 0.2) is 0 Å². The molecule has 0 aromatic heterocycles. The van der Waals surface area contributed by atoms with Crippen LogP contribution in [0.4, 0.5) is 0 Å². The summed E-state index contributed by atoms with van der Waals surface area (Å²) in [7, 11) is 0. The number of Topliss-reactive ketones (excluding diaryl/α,β-unsaturated/α-hetero) is 2. The fourth-order valence-electron chi connectivity index (χ4n) is 0.570. The van der Waals surface area contributed by atoms with Crippen molar-refractivity contribution in [1.29, 1.82) is 0 Å². The maximum absolute atomic E-state index is 10.9. The van der Waals surface area contributed by atoms with Crippen LogP contribution in [-0.4, -0.2) is 22.8 Å². The van der Waals surface area contributed by atoms with E-state index in [1.807, 2.05) is 0 Å². The first-order chi connectivity index (χ1) is 4.95. The van der Waals surface area contributed by atoms with E-state index in [4.69, 9.17) is 5.11 Å². The summed E-state index contributed by atoms with van der Waals surface area (Å²) in [6.45, 7) is 4.77. The van der Waals surface area contributed by atoms with Crippen LogP contribution < -0.4 is 0 Å². The minimum Gasteiger partial charge on any atom is -0.385 e. The van der Waals surface area contributed by atoms with Gasteiger partial charge in [-0.2, -0.15) is 0 Å². The Morgan fingerprint density at radius 3 is 2.09 bits per heavy atom. The Labute approximate surface area is 66.4 Å². The molecule has 0 aromatic rings. The Bertz CT molecular complexity index is 161. The van der Waals surface area contributed by atoms with Crippen LogP contribution in [-0.2, 0) is 9.59 Å². The number of hydrogen-bond acceptors (Lipinski definition) is 3. The molecular weight excluding hydrogens is 144 g/mol. The molecule has 1 atom stereocenters. The molecule has 0 amide bonds. The highest BCUT2D eigenvalue weighted by Gasteiger charge is 2.16. The highest BCUT2D eigenvalue weighted by Crippen LogP contribution is 2.02. The van der Waals surface area contributed by atoms with Crippen molar-refractivity contribution in [2.75, 3.05) is 0 Å². The molecule has 3 heteroatoms. The third-order valence-electron chi connectivity index (χ3n) is 1.51. The fraction of sp³-hybridized carbons (Fsp3) is 0.750. The summed E-state index contributed by atoms with van der Waals surface area (Å²) in [5, 5.41) is 8.98. The monoisotopic (exact) mass is 158 g/mol. The Morgan fingerprint density at radius 2 is 1.82 bits per heavy atom. The zero-order chi connectivity index (χ0) is 9.02. The van der Waals surface area contributed by atoms with Gasteiger partial charge in [0, 0.05) is 12.3 Å². The molecule has 0 heterocycles. The molecule has 0 aliphatic heterocycles. The van der Waals surface area contributed by atoms with E-state index in [0.717, 1.165) is 0 Å². The number of carbonyl (C=O) groups excluding carboxylic acids is 2. The molecule has 11 heavy (non-hydrogen) atoms. The summed E-state index contributed by atoms with van der Waals surface area (Å²) in [6.07, 6.45) is -1.16. The minimum atomic E-state index is -1.11. The standard InChI is InChI=1S/C8H14O3/c1-5(2)7(10)4-8(11)6(3)9/h5,8,11H,4H2,1-3H3/t8-/m0/s1. The SMILES string of the molecule is CC(=O)[C@@H](O)CC(=O)C(C)C. The van der Waals surface area contributed by atoms with Crippen molar-refractivity contribution in [1.82, 2.24) is 0 Å². The number of hydrogen-bond donors (Lipinski definition) is 1.